The minimum absolute atomic E-state index is 0.410. The van der Waals surface area contributed by atoms with Crippen LogP contribution in [0.4, 0.5) is 0 Å². The van der Waals surface area contributed by atoms with Gasteiger partial charge in [0.2, 0.25) is 0 Å². The molecule has 0 aliphatic heterocycles. The molecule has 10 heavy (non-hydrogen) atoms. The molecule has 1 heteroatoms. The lowest BCUT2D eigenvalue weighted by Crippen LogP contribution is -1.81. The number of hydrogen-bond donors (Lipinski definition) is 1. The summed E-state index contributed by atoms with van der Waals surface area (Å²) in [4.78, 5) is 0. The van der Waals surface area contributed by atoms with Crippen LogP contribution in [-0.4, -0.2) is 5.11 Å². The van der Waals surface area contributed by atoms with Crippen molar-refractivity contribution in [2.75, 3.05) is 0 Å². The van der Waals surface area contributed by atoms with Gasteiger partial charge in [0.25, 0.3) is 0 Å². The van der Waals surface area contributed by atoms with Crippen molar-refractivity contribution in [1.29, 1.82) is 0 Å². The summed E-state index contributed by atoms with van der Waals surface area (Å²) in [6, 6.07) is 5.66. The standard InChI is InChI=1S/C9H12O/c1-3-8-6-7(2)4-5-9(8)10/h4-6,10H,3H2,1-2H3. The summed E-state index contributed by atoms with van der Waals surface area (Å²) in [7, 11) is 0. The second-order valence-corrected chi connectivity index (χ2v) is 2.49. The first-order valence-electron chi connectivity index (χ1n) is 3.52. The molecule has 1 aromatic carbocycles. The van der Waals surface area contributed by atoms with E-state index in [-0.39, 0.29) is 0 Å². The Labute approximate surface area is 61.3 Å². The average molecular weight is 136 g/mol. The van der Waals surface area contributed by atoms with Crippen molar-refractivity contribution in [3.05, 3.63) is 29.3 Å². The summed E-state index contributed by atoms with van der Waals surface area (Å²) in [5.74, 6) is 0.410. The van der Waals surface area contributed by atoms with Crippen molar-refractivity contribution in [2.45, 2.75) is 20.3 Å². The van der Waals surface area contributed by atoms with E-state index in [0.717, 1.165) is 12.0 Å². The number of aromatic hydroxyl groups is 1. The Balaban J connectivity index is 3.09. The predicted molar refractivity (Wildman–Crippen MR) is 42.2 cm³/mol. The van der Waals surface area contributed by atoms with Crippen LogP contribution in [-0.2, 0) is 6.42 Å². The van der Waals surface area contributed by atoms with Crippen molar-refractivity contribution >= 4 is 0 Å². The second kappa shape index (κ2) is 2.74. The van der Waals surface area contributed by atoms with E-state index in [9.17, 15) is 5.11 Å². The molecule has 1 nitrogen and oxygen atoms in total. The van der Waals surface area contributed by atoms with Gasteiger partial charge in [0.05, 0.1) is 0 Å². The fourth-order valence-electron chi connectivity index (χ4n) is 0.997. The number of rotatable bonds is 1. The molecular formula is C9H12O. The van der Waals surface area contributed by atoms with Gasteiger partial charge in [-0.1, -0.05) is 24.6 Å². The first-order valence-corrected chi connectivity index (χ1v) is 3.52. The second-order valence-electron chi connectivity index (χ2n) is 2.49. The summed E-state index contributed by atoms with van der Waals surface area (Å²) in [5.41, 5.74) is 2.23. The molecule has 0 heterocycles. The molecule has 0 aromatic heterocycles. The van der Waals surface area contributed by atoms with Gasteiger partial charge in [-0.3, -0.25) is 0 Å². The van der Waals surface area contributed by atoms with Crippen LogP contribution < -0.4 is 0 Å². The Bertz CT molecular complexity index is 228. The molecule has 1 rings (SSSR count). The zero-order chi connectivity index (χ0) is 7.56. The van der Waals surface area contributed by atoms with Crippen LogP contribution in [0.15, 0.2) is 18.2 Å². The van der Waals surface area contributed by atoms with Gasteiger partial charge in [-0.05, 0) is 25.0 Å². The maximum Gasteiger partial charge on any atom is 0.118 e. The summed E-state index contributed by atoms with van der Waals surface area (Å²) in [5, 5.41) is 9.23. The lowest BCUT2D eigenvalue weighted by molar-refractivity contribution is 0.468. The number of benzene rings is 1. The highest BCUT2D eigenvalue weighted by molar-refractivity contribution is 5.35. The largest absolute Gasteiger partial charge is 0.508 e. The third kappa shape index (κ3) is 1.29. The first kappa shape index (κ1) is 7.13. The summed E-state index contributed by atoms with van der Waals surface area (Å²) in [6.07, 6.45) is 0.896. The van der Waals surface area contributed by atoms with Crippen LogP contribution in [0.1, 0.15) is 18.1 Å². The number of phenols is 1. The summed E-state index contributed by atoms with van der Waals surface area (Å²) in [6.45, 7) is 4.06. The van der Waals surface area contributed by atoms with Crippen LogP contribution in [0, 0.1) is 6.92 Å². The lowest BCUT2D eigenvalue weighted by atomic mass is 10.1. The van der Waals surface area contributed by atoms with Gasteiger partial charge < -0.3 is 5.11 Å². The maximum atomic E-state index is 9.23. The molecule has 0 atom stereocenters. The fraction of sp³-hybridized carbons (Fsp3) is 0.333. The van der Waals surface area contributed by atoms with E-state index in [4.69, 9.17) is 0 Å². The van der Waals surface area contributed by atoms with E-state index in [0.29, 0.717) is 5.75 Å². The fourth-order valence-corrected chi connectivity index (χ4v) is 0.997. The molecular weight excluding hydrogens is 124 g/mol. The third-order valence-electron chi connectivity index (χ3n) is 1.62. The van der Waals surface area contributed by atoms with Crippen molar-refractivity contribution < 1.29 is 5.11 Å². The minimum atomic E-state index is 0.410. The average Bonchev–Trinajstić information content (AvgIpc) is 1.94. The molecule has 0 spiro atoms. The van der Waals surface area contributed by atoms with Gasteiger partial charge in [0.1, 0.15) is 5.75 Å². The number of aryl methyl sites for hydroxylation is 2. The molecule has 0 saturated carbocycles. The van der Waals surface area contributed by atoms with E-state index in [2.05, 4.69) is 0 Å². The molecule has 0 bridgehead atoms. The van der Waals surface area contributed by atoms with Gasteiger partial charge in [-0.2, -0.15) is 0 Å². The quantitative estimate of drug-likeness (QED) is 0.627. The van der Waals surface area contributed by atoms with Crippen LogP contribution in [0.5, 0.6) is 5.75 Å². The Hall–Kier alpha value is -0.980. The SMILES string of the molecule is CCc1cc(C)ccc1O. The number of phenolic OH excluding ortho intramolecular Hbond substituents is 1. The minimum Gasteiger partial charge on any atom is -0.508 e. The zero-order valence-corrected chi connectivity index (χ0v) is 6.39. The van der Waals surface area contributed by atoms with Gasteiger partial charge >= 0.3 is 0 Å². The van der Waals surface area contributed by atoms with Crippen LogP contribution in [0.3, 0.4) is 0 Å². The van der Waals surface area contributed by atoms with E-state index < -0.39 is 0 Å². The molecule has 0 aliphatic carbocycles. The van der Waals surface area contributed by atoms with Gasteiger partial charge in [-0.15, -0.1) is 0 Å². The van der Waals surface area contributed by atoms with E-state index in [1.54, 1.807) is 6.07 Å². The topological polar surface area (TPSA) is 20.2 Å². The molecule has 0 radical (unpaired) electrons. The van der Waals surface area contributed by atoms with Gasteiger partial charge in [-0.25, -0.2) is 0 Å². The van der Waals surface area contributed by atoms with Crippen LogP contribution in [0.2, 0.25) is 0 Å². The van der Waals surface area contributed by atoms with Crippen molar-refractivity contribution in [3.8, 4) is 5.75 Å². The van der Waals surface area contributed by atoms with Crippen LogP contribution in [0.25, 0.3) is 0 Å². The molecule has 0 amide bonds. The van der Waals surface area contributed by atoms with Crippen LogP contribution >= 0.6 is 0 Å². The molecule has 1 N–H and O–H groups in total. The monoisotopic (exact) mass is 136 g/mol. The summed E-state index contributed by atoms with van der Waals surface area (Å²) >= 11 is 0. The highest BCUT2D eigenvalue weighted by Gasteiger charge is 1.96. The molecule has 0 fully saturated rings. The van der Waals surface area contributed by atoms with Crippen molar-refractivity contribution in [1.82, 2.24) is 0 Å². The lowest BCUT2D eigenvalue weighted by Gasteiger charge is -2.00. The Morgan fingerprint density at radius 2 is 2.10 bits per heavy atom. The number of hydrogen-bond acceptors (Lipinski definition) is 1. The Kier molecular flexibility index (Phi) is 1.95. The Morgan fingerprint density at radius 1 is 1.40 bits per heavy atom. The molecule has 54 valence electrons. The van der Waals surface area contributed by atoms with Gasteiger partial charge in [0.15, 0.2) is 0 Å². The van der Waals surface area contributed by atoms with E-state index in [1.807, 2.05) is 26.0 Å². The third-order valence-corrected chi connectivity index (χ3v) is 1.62. The van der Waals surface area contributed by atoms with E-state index >= 15 is 0 Å². The van der Waals surface area contributed by atoms with Gasteiger partial charge in [0, 0.05) is 0 Å². The highest BCUT2D eigenvalue weighted by atomic mass is 16.3. The summed E-state index contributed by atoms with van der Waals surface area (Å²) < 4.78 is 0. The maximum absolute atomic E-state index is 9.23. The predicted octanol–water partition coefficient (Wildman–Crippen LogP) is 2.26. The molecule has 0 unspecified atom stereocenters. The zero-order valence-electron chi connectivity index (χ0n) is 6.39. The highest BCUT2D eigenvalue weighted by Crippen LogP contribution is 2.17. The molecule has 0 saturated heterocycles. The van der Waals surface area contributed by atoms with E-state index in [1.165, 1.54) is 5.56 Å². The van der Waals surface area contributed by atoms with Crippen molar-refractivity contribution in [2.24, 2.45) is 0 Å². The molecule has 0 aliphatic rings. The first-order chi connectivity index (χ1) is 4.74. The smallest absolute Gasteiger partial charge is 0.118 e. The Morgan fingerprint density at radius 3 is 2.60 bits per heavy atom. The normalized spacial score (nSPS) is 9.80. The van der Waals surface area contributed by atoms with Crippen molar-refractivity contribution in [3.63, 3.8) is 0 Å². The molecule has 1 aromatic rings.